The first kappa shape index (κ1) is 17.8. The van der Waals surface area contributed by atoms with E-state index < -0.39 is 0 Å². The Morgan fingerprint density at radius 1 is 1.45 bits per heavy atom. The lowest BCUT2D eigenvalue weighted by Crippen LogP contribution is -2.39. The van der Waals surface area contributed by atoms with Gasteiger partial charge in [-0.1, -0.05) is 35.0 Å². The van der Waals surface area contributed by atoms with Gasteiger partial charge in [0.25, 0.3) is 0 Å². The maximum atomic E-state index is 4.25. The highest BCUT2D eigenvalue weighted by atomic mass is 127. The molecule has 1 aromatic carbocycles. The summed E-state index contributed by atoms with van der Waals surface area (Å²) in [4.78, 5) is 4.25. The van der Waals surface area contributed by atoms with Crippen molar-refractivity contribution in [2.75, 3.05) is 13.6 Å². The molecular formula is C15H23BrIN3. The highest BCUT2D eigenvalue weighted by Gasteiger charge is 2.32. The Balaban J connectivity index is 0.00000200. The summed E-state index contributed by atoms with van der Waals surface area (Å²) < 4.78 is 1.15. The zero-order valence-corrected chi connectivity index (χ0v) is 15.9. The Kier molecular flexibility index (Phi) is 7.87. The van der Waals surface area contributed by atoms with Gasteiger partial charge in [-0.05, 0) is 42.9 Å². The van der Waals surface area contributed by atoms with E-state index in [4.69, 9.17) is 0 Å². The molecule has 2 rings (SSSR count). The normalized spacial score (nSPS) is 21.1. The Bertz CT molecular complexity index is 450. The van der Waals surface area contributed by atoms with Gasteiger partial charge in [-0.2, -0.15) is 0 Å². The first-order valence-corrected chi connectivity index (χ1v) is 7.70. The van der Waals surface area contributed by atoms with Gasteiger partial charge in [-0.25, -0.2) is 0 Å². The second kappa shape index (κ2) is 8.87. The standard InChI is InChI=1S/C15H22BrN3.HI/c1-11-9-14(11)19-15(17-2)18-8-4-6-12-5-3-7-13(16)10-12;/h3,5,7,10-11,14H,4,6,8-9H2,1-2H3,(H2,17,18,19);1H. The highest BCUT2D eigenvalue weighted by Crippen LogP contribution is 2.28. The number of rotatable bonds is 5. The molecule has 0 bridgehead atoms. The quantitative estimate of drug-likeness (QED) is 0.310. The first-order valence-electron chi connectivity index (χ1n) is 6.90. The van der Waals surface area contributed by atoms with Crippen molar-refractivity contribution in [3.05, 3.63) is 34.3 Å². The third kappa shape index (κ3) is 5.99. The van der Waals surface area contributed by atoms with Crippen LogP contribution < -0.4 is 10.6 Å². The summed E-state index contributed by atoms with van der Waals surface area (Å²) in [6.07, 6.45) is 3.46. The molecule has 1 aliphatic rings. The number of guanidine groups is 1. The van der Waals surface area contributed by atoms with Crippen molar-refractivity contribution in [2.24, 2.45) is 10.9 Å². The maximum absolute atomic E-state index is 4.25. The summed E-state index contributed by atoms with van der Waals surface area (Å²) >= 11 is 3.50. The van der Waals surface area contributed by atoms with Crippen molar-refractivity contribution >= 4 is 45.9 Å². The lowest BCUT2D eigenvalue weighted by atomic mass is 10.1. The van der Waals surface area contributed by atoms with Crippen LogP contribution in [0.3, 0.4) is 0 Å². The van der Waals surface area contributed by atoms with Crippen LogP contribution in [0.15, 0.2) is 33.7 Å². The predicted octanol–water partition coefficient (Wildman–Crippen LogP) is 3.57. The van der Waals surface area contributed by atoms with Crippen LogP contribution in [0.4, 0.5) is 0 Å². The Morgan fingerprint density at radius 3 is 2.80 bits per heavy atom. The van der Waals surface area contributed by atoms with Crippen LogP contribution in [-0.2, 0) is 6.42 Å². The molecule has 0 aliphatic heterocycles. The van der Waals surface area contributed by atoms with Crippen LogP contribution >= 0.6 is 39.9 Å². The fraction of sp³-hybridized carbons (Fsp3) is 0.533. The predicted molar refractivity (Wildman–Crippen MR) is 99.9 cm³/mol. The third-order valence-electron chi connectivity index (χ3n) is 3.48. The fourth-order valence-electron chi connectivity index (χ4n) is 2.09. The van der Waals surface area contributed by atoms with Crippen molar-refractivity contribution < 1.29 is 0 Å². The molecule has 5 heteroatoms. The van der Waals surface area contributed by atoms with Gasteiger partial charge in [0.1, 0.15) is 0 Å². The number of halogens is 2. The largest absolute Gasteiger partial charge is 0.356 e. The average Bonchev–Trinajstić information content (AvgIpc) is 3.09. The number of aliphatic imine (C=N–C) groups is 1. The number of nitrogens with one attached hydrogen (secondary N) is 2. The van der Waals surface area contributed by atoms with Gasteiger partial charge < -0.3 is 10.6 Å². The van der Waals surface area contributed by atoms with Crippen LogP contribution in [0.25, 0.3) is 0 Å². The van der Waals surface area contributed by atoms with E-state index in [-0.39, 0.29) is 24.0 Å². The molecule has 1 fully saturated rings. The minimum absolute atomic E-state index is 0. The van der Waals surface area contributed by atoms with Gasteiger partial charge in [-0.15, -0.1) is 24.0 Å². The number of aryl methyl sites for hydroxylation is 1. The number of hydrogen-bond acceptors (Lipinski definition) is 1. The molecule has 0 radical (unpaired) electrons. The smallest absolute Gasteiger partial charge is 0.191 e. The summed E-state index contributed by atoms with van der Waals surface area (Å²) in [5, 5.41) is 6.80. The van der Waals surface area contributed by atoms with E-state index in [2.05, 4.69) is 62.7 Å². The van der Waals surface area contributed by atoms with Gasteiger partial charge in [0.2, 0.25) is 0 Å². The number of nitrogens with zero attached hydrogens (tertiary/aromatic N) is 1. The van der Waals surface area contributed by atoms with Crippen molar-refractivity contribution in [3.63, 3.8) is 0 Å². The monoisotopic (exact) mass is 451 g/mol. The molecule has 2 atom stereocenters. The van der Waals surface area contributed by atoms with Crippen LogP contribution in [0.1, 0.15) is 25.3 Å². The topological polar surface area (TPSA) is 36.4 Å². The van der Waals surface area contributed by atoms with Crippen LogP contribution in [0.5, 0.6) is 0 Å². The zero-order chi connectivity index (χ0) is 13.7. The first-order chi connectivity index (χ1) is 9.19. The molecule has 0 heterocycles. The molecule has 0 spiro atoms. The molecule has 0 saturated heterocycles. The van der Waals surface area contributed by atoms with Crippen molar-refractivity contribution in [3.8, 4) is 0 Å². The maximum Gasteiger partial charge on any atom is 0.191 e. The molecule has 1 saturated carbocycles. The van der Waals surface area contributed by atoms with E-state index in [0.717, 1.165) is 35.7 Å². The molecule has 1 aromatic rings. The summed E-state index contributed by atoms with van der Waals surface area (Å²) in [6.45, 7) is 3.21. The Labute approximate surface area is 147 Å². The van der Waals surface area contributed by atoms with Gasteiger partial charge in [0.05, 0.1) is 0 Å². The van der Waals surface area contributed by atoms with Crippen LogP contribution in [-0.4, -0.2) is 25.6 Å². The lowest BCUT2D eigenvalue weighted by Gasteiger charge is -2.11. The second-order valence-electron chi connectivity index (χ2n) is 5.20. The van der Waals surface area contributed by atoms with Gasteiger partial charge in [-0.3, -0.25) is 4.99 Å². The second-order valence-corrected chi connectivity index (χ2v) is 6.11. The molecule has 0 amide bonds. The minimum Gasteiger partial charge on any atom is -0.356 e. The van der Waals surface area contributed by atoms with E-state index in [1.54, 1.807) is 0 Å². The molecule has 20 heavy (non-hydrogen) atoms. The van der Waals surface area contributed by atoms with Gasteiger partial charge in [0.15, 0.2) is 5.96 Å². The molecule has 1 aliphatic carbocycles. The van der Waals surface area contributed by atoms with E-state index >= 15 is 0 Å². The third-order valence-corrected chi connectivity index (χ3v) is 3.97. The summed E-state index contributed by atoms with van der Waals surface area (Å²) in [7, 11) is 1.83. The van der Waals surface area contributed by atoms with Crippen LogP contribution in [0, 0.1) is 5.92 Å². The molecule has 0 aromatic heterocycles. The molecule has 2 unspecified atom stereocenters. The van der Waals surface area contributed by atoms with Crippen molar-refractivity contribution in [2.45, 2.75) is 32.2 Å². The number of benzene rings is 1. The van der Waals surface area contributed by atoms with E-state index in [1.165, 1.54) is 12.0 Å². The molecule has 112 valence electrons. The molecule has 2 N–H and O–H groups in total. The van der Waals surface area contributed by atoms with E-state index in [1.807, 2.05) is 7.05 Å². The van der Waals surface area contributed by atoms with Crippen molar-refractivity contribution in [1.29, 1.82) is 0 Å². The highest BCUT2D eigenvalue weighted by molar-refractivity contribution is 14.0. The number of hydrogen-bond donors (Lipinski definition) is 2. The van der Waals surface area contributed by atoms with Gasteiger partial charge in [0, 0.05) is 24.1 Å². The fourth-order valence-corrected chi connectivity index (χ4v) is 2.53. The zero-order valence-electron chi connectivity index (χ0n) is 12.0. The van der Waals surface area contributed by atoms with Crippen molar-refractivity contribution in [1.82, 2.24) is 10.6 Å². The van der Waals surface area contributed by atoms with E-state index in [9.17, 15) is 0 Å². The average molecular weight is 452 g/mol. The molecular weight excluding hydrogens is 429 g/mol. The molecule has 3 nitrogen and oxygen atoms in total. The SMILES string of the molecule is CN=C(NCCCc1cccc(Br)c1)NC1CC1C.I. The van der Waals surface area contributed by atoms with Gasteiger partial charge >= 0.3 is 0 Å². The minimum atomic E-state index is 0. The lowest BCUT2D eigenvalue weighted by molar-refractivity contribution is 0.726. The van der Waals surface area contributed by atoms with Crippen LogP contribution in [0.2, 0.25) is 0 Å². The van der Waals surface area contributed by atoms with E-state index in [0.29, 0.717) is 6.04 Å². The Hall–Kier alpha value is -0.300. The Morgan fingerprint density at radius 2 is 2.20 bits per heavy atom. The summed E-state index contributed by atoms with van der Waals surface area (Å²) in [5.74, 6) is 1.73. The summed E-state index contributed by atoms with van der Waals surface area (Å²) in [6, 6.07) is 9.12. The summed E-state index contributed by atoms with van der Waals surface area (Å²) in [5.41, 5.74) is 1.37.